The summed E-state index contributed by atoms with van der Waals surface area (Å²) in [6.07, 6.45) is -1.01. The summed E-state index contributed by atoms with van der Waals surface area (Å²) in [6, 6.07) is 18.8. The highest BCUT2D eigenvalue weighted by Crippen LogP contribution is 2.31. The average molecular weight is 418 g/mol. The van der Waals surface area contributed by atoms with Crippen LogP contribution >= 0.6 is 0 Å². The van der Waals surface area contributed by atoms with Crippen molar-refractivity contribution < 1.29 is 19.4 Å². The van der Waals surface area contributed by atoms with E-state index in [1.165, 1.54) is 0 Å². The van der Waals surface area contributed by atoms with Gasteiger partial charge in [0.15, 0.2) is 0 Å². The Morgan fingerprint density at radius 3 is 2.39 bits per heavy atom. The molecule has 160 valence electrons. The van der Waals surface area contributed by atoms with Gasteiger partial charge in [-0.3, -0.25) is 9.69 Å². The Bertz CT molecular complexity index is 1140. The highest BCUT2D eigenvalue weighted by atomic mass is 16.5. The number of nitrogens with zero attached hydrogens (tertiary/aromatic N) is 1. The van der Waals surface area contributed by atoms with Gasteiger partial charge < -0.3 is 15.2 Å². The Kier molecular flexibility index (Phi) is 5.41. The summed E-state index contributed by atoms with van der Waals surface area (Å²) in [6.45, 7) is 5.47. The second-order valence-corrected chi connectivity index (χ2v) is 8.32. The van der Waals surface area contributed by atoms with Crippen LogP contribution in [-0.2, 0) is 10.3 Å². The standard InChI is InChI=1S/C25H26N2O4/c1-16-10-17(2)12-22(11-16)31-15-21(28)14-27-23(29)25(3,26-24(27)30)20-9-8-18-6-4-5-7-19(18)13-20/h4-13,21,28H,14-15H2,1-3H3,(H,26,30). The summed E-state index contributed by atoms with van der Waals surface area (Å²) < 4.78 is 5.68. The number of fused-ring (bicyclic) bond motifs is 1. The Morgan fingerprint density at radius 1 is 1.00 bits per heavy atom. The van der Waals surface area contributed by atoms with Gasteiger partial charge in [-0.25, -0.2) is 4.79 Å². The smallest absolute Gasteiger partial charge is 0.325 e. The van der Waals surface area contributed by atoms with Crippen LogP contribution in [0.5, 0.6) is 5.75 Å². The topological polar surface area (TPSA) is 78.9 Å². The van der Waals surface area contributed by atoms with E-state index in [9.17, 15) is 14.7 Å². The van der Waals surface area contributed by atoms with Gasteiger partial charge in [0.1, 0.15) is 24.0 Å². The van der Waals surface area contributed by atoms with Crippen molar-refractivity contribution in [3.63, 3.8) is 0 Å². The first-order chi connectivity index (χ1) is 14.8. The number of benzene rings is 3. The summed E-state index contributed by atoms with van der Waals surface area (Å²) in [7, 11) is 0. The van der Waals surface area contributed by atoms with Crippen molar-refractivity contribution in [3.8, 4) is 5.75 Å². The first-order valence-corrected chi connectivity index (χ1v) is 10.3. The van der Waals surface area contributed by atoms with Gasteiger partial charge in [-0.15, -0.1) is 0 Å². The number of carbonyl (C=O) groups excluding carboxylic acids is 2. The van der Waals surface area contributed by atoms with E-state index in [2.05, 4.69) is 5.32 Å². The van der Waals surface area contributed by atoms with Gasteiger partial charge in [-0.2, -0.15) is 0 Å². The molecule has 2 unspecified atom stereocenters. The van der Waals surface area contributed by atoms with Crippen LogP contribution in [0.15, 0.2) is 60.7 Å². The van der Waals surface area contributed by atoms with E-state index in [1.54, 1.807) is 6.92 Å². The molecule has 0 radical (unpaired) electrons. The molecule has 1 saturated heterocycles. The predicted octanol–water partition coefficient (Wildman–Crippen LogP) is 3.66. The van der Waals surface area contributed by atoms with E-state index >= 15 is 0 Å². The predicted molar refractivity (Wildman–Crippen MR) is 119 cm³/mol. The van der Waals surface area contributed by atoms with Gasteiger partial charge in [0.25, 0.3) is 5.91 Å². The number of aryl methyl sites for hydroxylation is 2. The summed E-state index contributed by atoms with van der Waals surface area (Å²) >= 11 is 0. The van der Waals surface area contributed by atoms with E-state index in [-0.39, 0.29) is 13.2 Å². The van der Waals surface area contributed by atoms with Crippen LogP contribution in [0.1, 0.15) is 23.6 Å². The number of rotatable bonds is 6. The van der Waals surface area contributed by atoms with E-state index in [0.717, 1.165) is 26.8 Å². The molecule has 1 aliphatic heterocycles. The fourth-order valence-electron chi connectivity index (χ4n) is 4.03. The third-order valence-corrected chi connectivity index (χ3v) is 5.63. The molecule has 0 aromatic heterocycles. The van der Waals surface area contributed by atoms with Gasteiger partial charge in [-0.05, 0) is 66.4 Å². The summed E-state index contributed by atoms with van der Waals surface area (Å²) in [5.74, 6) is 0.257. The van der Waals surface area contributed by atoms with E-state index in [0.29, 0.717) is 11.3 Å². The van der Waals surface area contributed by atoms with Crippen molar-refractivity contribution in [2.75, 3.05) is 13.2 Å². The highest BCUT2D eigenvalue weighted by molar-refractivity contribution is 6.07. The number of urea groups is 1. The molecule has 3 amide bonds. The zero-order chi connectivity index (χ0) is 22.2. The maximum Gasteiger partial charge on any atom is 0.325 e. The maximum absolute atomic E-state index is 13.2. The first kappa shape index (κ1) is 20.9. The summed E-state index contributed by atoms with van der Waals surface area (Å²) in [5.41, 5.74) is 1.64. The van der Waals surface area contributed by atoms with E-state index < -0.39 is 23.6 Å². The highest BCUT2D eigenvalue weighted by Gasteiger charge is 2.49. The average Bonchev–Trinajstić information content (AvgIpc) is 2.95. The number of amides is 3. The number of imide groups is 1. The van der Waals surface area contributed by atoms with Crippen LogP contribution in [-0.4, -0.2) is 41.2 Å². The third kappa shape index (κ3) is 4.11. The largest absolute Gasteiger partial charge is 0.491 e. The molecule has 3 aromatic carbocycles. The summed E-state index contributed by atoms with van der Waals surface area (Å²) in [4.78, 5) is 26.8. The molecule has 1 fully saturated rings. The molecule has 2 N–H and O–H groups in total. The molecule has 0 saturated carbocycles. The number of β-amino-alcohol motifs (C(OH)–C–C–N with tert-alkyl or cyclic N) is 1. The Balaban J connectivity index is 1.46. The first-order valence-electron chi connectivity index (χ1n) is 10.3. The molecular weight excluding hydrogens is 392 g/mol. The number of aliphatic hydroxyl groups is 1. The second-order valence-electron chi connectivity index (χ2n) is 8.32. The zero-order valence-corrected chi connectivity index (χ0v) is 17.9. The minimum absolute atomic E-state index is 0.0212. The van der Waals surface area contributed by atoms with Crippen molar-refractivity contribution in [2.45, 2.75) is 32.4 Å². The SMILES string of the molecule is Cc1cc(C)cc(OCC(O)CN2C(=O)NC(C)(c3ccc4ccccc4c3)C2=O)c1. The number of aliphatic hydroxyl groups excluding tert-OH is 1. The zero-order valence-electron chi connectivity index (χ0n) is 17.9. The Labute approximate surface area is 181 Å². The second kappa shape index (κ2) is 8.04. The molecule has 4 rings (SSSR count). The Morgan fingerprint density at radius 2 is 1.68 bits per heavy atom. The fourth-order valence-corrected chi connectivity index (χ4v) is 4.03. The molecule has 0 spiro atoms. The molecule has 3 aromatic rings. The van der Waals surface area contributed by atoms with Crippen LogP contribution in [0.4, 0.5) is 4.79 Å². The van der Waals surface area contributed by atoms with Crippen molar-refractivity contribution in [1.29, 1.82) is 0 Å². The normalized spacial score (nSPS) is 19.5. The van der Waals surface area contributed by atoms with Crippen LogP contribution in [0.25, 0.3) is 10.8 Å². The Hall–Kier alpha value is -3.38. The quantitative estimate of drug-likeness (QED) is 0.599. The van der Waals surface area contributed by atoms with Crippen LogP contribution in [0.3, 0.4) is 0 Å². The molecule has 6 nitrogen and oxygen atoms in total. The number of hydrogen-bond donors (Lipinski definition) is 2. The van der Waals surface area contributed by atoms with Gasteiger partial charge >= 0.3 is 6.03 Å². The molecule has 0 aliphatic carbocycles. The van der Waals surface area contributed by atoms with Crippen LogP contribution in [0.2, 0.25) is 0 Å². The lowest BCUT2D eigenvalue weighted by atomic mass is 9.90. The van der Waals surface area contributed by atoms with Crippen LogP contribution in [0, 0.1) is 13.8 Å². The fraction of sp³-hybridized carbons (Fsp3) is 0.280. The van der Waals surface area contributed by atoms with Gasteiger partial charge in [0, 0.05) is 0 Å². The minimum Gasteiger partial charge on any atom is -0.491 e. The van der Waals surface area contributed by atoms with Crippen molar-refractivity contribution in [2.24, 2.45) is 0 Å². The molecule has 6 heteroatoms. The lowest BCUT2D eigenvalue weighted by Gasteiger charge is -2.23. The van der Waals surface area contributed by atoms with Crippen molar-refractivity contribution in [1.82, 2.24) is 10.2 Å². The molecule has 31 heavy (non-hydrogen) atoms. The minimum atomic E-state index is -1.19. The molecule has 1 aliphatic rings. The number of nitrogens with one attached hydrogen (secondary N) is 1. The number of carbonyl (C=O) groups is 2. The van der Waals surface area contributed by atoms with Crippen molar-refractivity contribution in [3.05, 3.63) is 77.4 Å². The van der Waals surface area contributed by atoms with Crippen LogP contribution < -0.4 is 10.1 Å². The number of hydrogen-bond acceptors (Lipinski definition) is 4. The molecule has 0 bridgehead atoms. The maximum atomic E-state index is 13.2. The van der Waals surface area contributed by atoms with Gasteiger partial charge in [0.05, 0.1) is 6.54 Å². The molecule has 1 heterocycles. The molecule has 2 atom stereocenters. The third-order valence-electron chi connectivity index (χ3n) is 5.63. The van der Waals surface area contributed by atoms with E-state index in [4.69, 9.17) is 4.74 Å². The summed E-state index contributed by atoms with van der Waals surface area (Å²) in [5, 5.41) is 15.3. The lowest BCUT2D eigenvalue weighted by molar-refractivity contribution is -0.132. The lowest BCUT2D eigenvalue weighted by Crippen LogP contribution is -2.42. The van der Waals surface area contributed by atoms with Gasteiger partial charge in [-0.1, -0.05) is 42.5 Å². The van der Waals surface area contributed by atoms with Crippen molar-refractivity contribution >= 4 is 22.7 Å². The monoisotopic (exact) mass is 418 g/mol. The number of ether oxygens (including phenoxy) is 1. The van der Waals surface area contributed by atoms with Gasteiger partial charge in [0.2, 0.25) is 0 Å². The molecular formula is C25H26N2O4. The van der Waals surface area contributed by atoms with E-state index in [1.807, 2.05) is 74.5 Å².